The van der Waals surface area contributed by atoms with Crippen LogP contribution in [0.3, 0.4) is 0 Å². The summed E-state index contributed by atoms with van der Waals surface area (Å²) in [6, 6.07) is 10.5. The van der Waals surface area contributed by atoms with Gasteiger partial charge in [0.05, 0.1) is 12.2 Å². The topological polar surface area (TPSA) is 90.4 Å². The van der Waals surface area contributed by atoms with Gasteiger partial charge in [-0.2, -0.15) is 4.98 Å². The summed E-state index contributed by atoms with van der Waals surface area (Å²) in [5.41, 5.74) is 1.69. The first-order valence-corrected chi connectivity index (χ1v) is 11.6. The van der Waals surface area contributed by atoms with Crippen LogP contribution in [0.5, 0.6) is 0 Å². The van der Waals surface area contributed by atoms with E-state index in [1.54, 1.807) is 12.5 Å². The first-order chi connectivity index (χ1) is 16.7. The third-order valence-corrected chi connectivity index (χ3v) is 6.31. The Hall–Kier alpha value is -4.14. The number of hydrogen-bond acceptors (Lipinski definition) is 7. The van der Waals surface area contributed by atoms with Crippen molar-refractivity contribution in [1.29, 1.82) is 0 Å². The lowest BCUT2D eigenvalue weighted by Crippen LogP contribution is -2.40. The van der Waals surface area contributed by atoms with E-state index < -0.39 is 0 Å². The maximum Gasteiger partial charge on any atom is 0.237 e. The van der Waals surface area contributed by atoms with Crippen molar-refractivity contribution in [2.24, 2.45) is 0 Å². The van der Waals surface area contributed by atoms with Gasteiger partial charge in [0.1, 0.15) is 17.7 Å². The number of aromatic nitrogens is 8. The van der Waals surface area contributed by atoms with Crippen molar-refractivity contribution in [3.05, 3.63) is 67.3 Å². The number of benzene rings is 1. The lowest BCUT2D eigenvalue weighted by Gasteiger charge is -2.40. The number of fused-ring (bicyclic) bond motifs is 4. The minimum atomic E-state index is 0.102. The summed E-state index contributed by atoms with van der Waals surface area (Å²) < 4.78 is 3.92. The number of pyridine rings is 1. The van der Waals surface area contributed by atoms with Crippen LogP contribution in [0.25, 0.3) is 33.9 Å². The van der Waals surface area contributed by atoms with Crippen LogP contribution in [0.4, 0.5) is 5.82 Å². The first kappa shape index (κ1) is 20.5. The fourth-order valence-corrected chi connectivity index (χ4v) is 4.85. The van der Waals surface area contributed by atoms with E-state index in [1.807, 2.05) is 45.9 Å². The lowest BCUT2D eigenvalue weighted by atomic mass is 10.0. The van der Waals surface area contributed by atoms with Crippen molar-refractivity contribution in [2.45, 2.75) is 45.7 Å². The summed E-state index contributed by atoms with van der Waals surface area (Å²) in [4.78, 5) is 21.4. The van der Waals surface area contributed by atoms with Crippen LogP contribution in [0.15, 0.2) is 61.4 Å². The van der Waals surface area contributed by atoms with E-state index in [0.717, 1.165) is 46.6 Å². The van der Waals surface area contributed by atoms with Crippen molar-refractivity contribution in [3.8, 4) is 23.2 Å². The summed E-state index contributed by atoms with van der Waals surface area (Å²) in [5, 5.41) is 10.8. The van der Waals surface area contributed by atoms with Crippen LogP contribution in [0.1, 0.15) is 45.5 Å². The quantitative estimate of drug-likeness (QED) is 0.388. The normalized spacial score (nSPS) is 15.1. The molecular weight excluding hydrogens is 426 g/mol. The molecule has 0 spiro atoms. The molecule has 0 radical (unpaired) electrons. The van der Waals surface area contributed by atoms with Gasteiger partial charge in [0.2, 0.25) is 5.95 Å². The molecule has 0 amide bonds. The Bertz CT molecular complexity index is 1480. The Labute approximate surface area is 197 Å². The molecule has 0 aliphatic carbocycles. The largest absolute Gasteiger partial charge is 0.342 e. The van der Waals surface area contributed by atoms with Gasteiger partial charge in [0, 0.05) is 30.0 Å². The zero-order valence-corrected chi connectivity index (χ0v) is 19.4. The second-order valence-electron chi connectivity index (χ2n) is 8.75. The Morgan fingerprint density at radius 1 is 1.00 bits per heavy atom. The van der Waals surface area contributed by atoms with Crippen LogP contribution in [0, 0.1) is 0 Å². The molecule has 0 bridgehead atoms. The zero-order chi connectivity index (χ0) is 23.2. The lowest BCUT2D eigenvalue weighted by molar-refractivity contribution is 0.477. The molecular formula is C25H25N9. The van der Waals surface area contributed by atoms with Crippen LogP contribution in [-0.4, -0.2) is 45.3 Å². The van der Waals surface area contributed by atoms with E-state index in [-0.39, 0.29) is 12.1 Å². The standard InChI is InChI=1S/C25H25N9/c1-4-7-19-23-31-29-15-33(23)20-14-28-25(30-22(20)34(19)16(2)3)32-13-12-27-24(32)21-18-9-6-5-8-17(18)10-11-26-21/h5-6,8-16,19H,4,7H2,1-3H3. The Morgan fingerprint density at radius 2 is 1.88 bits per heavy atom. The highest BCUT2D eigenvalue weighted by Gasteiger charge is 2.35. The maximum atomic E-state index is 5.07. The number of rotatable bonds is 5. The van der Waals surface area contributed by atoms with Crippen molar-refractivity contribution in [1.82, 2.24) is 39.3 Å². The van der Waals surface area contributed by atoms with Gasteiger partial charge < -0.3 is 4.90 Å². The Balaban J connectivity index is 1.52. The van der Waals surface area contributed by atoms with Gasteiger partial charge in [-0.3, -0.25) is 14.1 Å². The predicted molar refractivity (Wildman–Crippen MR) is 130 cm³/mol. The van der Waals surface area contributed by atoms with Crippen molar-refractivity contribution in [3.63, 3.8) is 0 Å². The molecule has 5 aromatic rings. The molecule has 34 heavy (non-hydrogen) atoms. The van der Waals surface area contributed by atoms with E-state index in [0.29, 0.717) is 11.8 Å². The molecule has 1 aliphatic rings. The molecule has 6 rings (SSSR count). The Kier molecular flexibility index (Phi) is 4.83. The van der Waals surface area contributed by atoms with E-state index in [4.69, 9.17) is 9.97 Å². The average molecular weight is 452 g/mol. The highest BCUT2D eigenvalue weighted by molar-refractivity contribution is 5.93. The van der Waals surface area contributed by atoms with Gasteiger partial charge in [0.15, 0.2) is 17.5 Å². The summed E-state index contributed by atoms with van der Waals surface area (Å²) in [5.74, 6) is 3.07. The predicted octanol–water partition coefficient (Wildman–Crippen LogP) is 4.53. The van der Waals surface area contributed by atoms with Crippen LogP contribution < -0.4 is 4.90 Å². The molecule has 0 fully saturated rings. The molecule has 9 nitrogen and oxygen atoms in total. The molecule has 9 heteroatoms. The zero-order valence-electron chi connectivity index (χ0n) is 19.4. The van der Waals surface area contributed by atoms with Crippen LogP contribution >= 0.6 is 0 Å². The van der Waals surface area contributed by atoms with Crippen LogP contribution in [-0.2, 0) is 0 Å². The second kappa shape index (κ2) is 8.02. The Morgan fingerprint density at radius 3 is 2.74 bits per heavy atom. The highest BCUT2D eigenvalue weighted by atomic mass is 15.4. The number of hydrogen-bond donors (Lipinski definition) is 0. The minimum absolute atomic E-state index is 0.102. The molecule has 1 aliphatic heterocycles. The molecule has 1 atom stereocenters. The summed E-state index contributed by atoms with van der Waals surface area (Å²) >= 11 is 0. The van der Waals surface area contributed by atoms with E-state index in [1.165, 1.54) is 0 Å². The fraction of sp³-hybridized carbons (Fsp3) is 0.280. The molecule has 4 aromatic heterocycles. The molecule has 1 aromatic carbocycles. The van der Waals surface area contributed by atoms with E-state index >= 15 is 0 Å². The molecule has 5 heterocycles. The molecule has 170 valence electrons. The van der Waals surface area contributed by atoms with Gasteiger partial charge in [-0.1, -0.05) is 37.6 Å². The number of anilines is 1. The third kappa shape index (κ3) is 3.07. The van der Waals surface area contributed by atoms with Gasteiger partial charge in [-0.15, -0.1) is 10.2 Å². The summed E-state index contributed by atoms with van der Waals surface area (Å²) in [6.45, 7) is 6.56. The smallest absolute Gasteiger partial charge is 0.237 e. The maximum absolute atomic E-state index is 5.07. The van der Waals surface area contributed by atoms with E-state index in [9.17, 15) is 0 Å². The summed E-state index contributed by atoms with van der Waals surface area (Å²) in [6.07, 6.45) is 11.1. The highest BCUT2D eigenvalue weighted by Crippen LogP contribution is 2.40. The van der Waals surface area contributed by atoms with Gasteiger partial charge in [-0.25, -0.2) is 9.97 Å². The summed E-state index contributed by atoms with van der Waals surface area (Å²) in [7, 11) is 0. The van der Waals surface area contributed by atoms with Gasteiger partial charge in [0.25, 0.3) is 0 Å². The third-order valence-electron chi connectivity index (χ3n) is 6.31. The number of imidazole rings is 1. The van der Waals surface area contributed by atoms with E-state index in [2.05, 4.69) is 58.0 Å². The van der Waals surface area contributed by atoms with Crippen molar-refractivity contribution < 1.29 is 0 Å². The first-order valence-electron chi connectivity index (χ1n) is 11.6. The van der Waals surface area contributed by atoms with Crippen molar-refractivity contribution >= 4 is 16.6 Å². The van der Waals surface area contributed by atoms with Crippen molar-refractivity contribution in [2.75, 3.05) is 4.90 Å². The SMILES string of the molecule is CCCC1c2nncn2-c2cnc(-n3ccnc3-c3nccc4ccccc34)nc2N1C(C)C. The van der Waals surface area contributed by atoms with Gasteiger partial charge >= 0.3 is 0 Å². The second-order valence-corrected chi connectivity index (χ2v) is 8.75. The molecule has 0 saturated heterocycles. The molecule has 0 N–H and O–H groups in total. The fourth-order valence-electron chi connectivity index (χ4n) is 4.85. The number of nitrogens with zero attached hydrogens (tertiary/aromatic N) is 9. The molecule has 0 saturated carbocycles. The van der Waals surface area contributed by atoms with Gasteiger partial charge in [-0.05, 0) is 31.7 Å². The van der Waals surface area contributed by atoms with Crippen LogP contribution in [0.2, 0.25) is 0 Å². The molecule has 1 unspecified atom stereocenters. The minimum Gasteiger partial charge on any atom is -0.342 e. The average Bonchev–Trinajstić information content (AvgIpc) is 3.53. The monoisotopic (exact) mass is 451 g/mol.